The molecule has 0 amide bonds. The van der Waals surface area contributed by atoms with Crippen molar-refractivity contribution in [3.05, 3.63) is 18.0 Å². The Bertz CT molecular complexity index is 790. The van der Waals surface area contributed by atoms with E-state index in [0.29, 0.717) is 16.9 Å². The number of fused-ring (bicyclic) bond motifs is 5. The van der Waals surface area contributed by atoms with Gasteiger partial charge in [-0.1, -0.05) is 33.6 Å². The van der Waals surface area contributed by atoms with Gasteiger partial charge in [0.15, 0.2) is 0 Å². The molecule has 4 aliphatic carbocycles. The minimum Gasteiger partial charge on any atom is -0.271 e. The Labute approximate surface area is 183 Å². The molecule has 1 aromatic heterocycles. The highest BCUT2D eigenvalue weighted by Gasteiger charge is 2.57. The van der Waals surface area contributed by atoms with Crippen LogP contribution in [0.4, 0.5) is 0 Å². The van der Waals surface area contributed by atoms with Crippen molar-refractivity contribution in [1.82, 2.24) is 9.78 Å². The van der Waals surface area contributed by atoms with Crippen LogP contribution in [0.5, 0.6) is 0 Å². The van der Waals surface area contributed by atoms with Crippen molar-refractivity contribution in [1.29, 1.82) is 5.26 Å². The fourth-order valence-corrected chi connectivity index (χ4v) is 9.24. The molecule has 30 heavy (non-hydrogen) atoms. The van der Waals surface area contributed by atoms with Gasteiger partial charge in [0.1, 0.15) is 6.07 Å². The van der Waals surface area contributed by atoms with Crippen LogP contribution >= 0.6 is 0 Å². The second-order valence-electron chi connectivity index (χ2n) is 11.8. The van der Waals surface area contributed by atoms with Gasteiger partial charge in [0.2, 0.25) is 0 Å². The van der Waals surface area contributed by atoms with Gasteiger partial charge >= 0.3 is 0 Å². The lowest BCUT2D eigenvalue weighted by molar-refractivity contribution is -0.0747. The highest BCUT2D eigenvalue weighted by atomic mass is 15.3. The van der Waals surface area contributed by atoms with Gasteiger partial charge in [-0.15, -0.1) is 0 Å². The lowest BCUT2D eigenvalue weighted by atomic mass is 9.48. The van der Waals surface area contributed by atoms with Crippen LogP contribution in [0.25, 0.3) is 0 Å². The number of hydrogen-bond donors (Lipinski definition) is 0. The Balaban J connectivity index is 1.29. The third kappa shape index (κ3) is 3.34. The molecule has 3 nitrogen and oxygen atoms in total. The zero-order chi connectivity index (χ0) is 20.9. The molecule has 1 aromatic rings. The van der Waals surface area contributed by atoms with Gasteiger partial charge in [-0.3, -0.25) is 4.68 Å². The van der Waals surface area contributed by atoms with Crippen LogP contribution < -0.4 is 0 Å². The molecule has 4 fully saturated rings. The summed E-state index contributed by atoms with van der Waals surface area (Å²) >= 11 is 0. The van der Waals surface area contributed by atoms with Crippen LogP contribution in [0.1, 0.15) is 90.5 Å². The first-order chi connectivity index (χ1) is 14.5. The number of hydrogen-bond acceptors (Lipinski definition) is 2. The molecule has 164 valence electrons. The van der Waals surface area contributed by atoms with Crippen molar-refractivity contribution in [2.45, 2.75) is 91.5 Å². The Morgan fingerprint density at radius 1 is 1.13 bits per heavy atom. The molecule has 5 rings (SSSR count). The Hall–Kier alpha value is -1.30. The summed E-state index contributed by atoms with van der Waals surface area (Å²) in [6.45, 7) is 8.48. The predicted octanol–water partition coefficient (Wildman–Crippen LogP) is 6.69. The molecule has 0 bridgehead atoms. The topological polar surface area (TPSA) is 41.6 Å². The molecular formula is C27H41N3. The van der Waals surface area contributed by atoms with Gasteiger partial charge in [-0.25, -0.2) is 0 Å². The van der Waals surface area contributed by atoms with Crippen LogP contribution in [0.15, 0.2) is 12.4 Å². The molecule has 0 aliphatic heterocycles. The van der Waals surface area contributed by atoms with Gasteiger partial charge in [0.05, 0.1) is 11.8 Å². The molecule has 0 aromatic carbocycles. The Morgan fingerprint density at radius 3 is 2.73 bits per heavy atom. The summed E-state index contributed by atoms with van der Waals surface area (Å²) in [4.78, 5) is 0. The monoisotopic (exact) mass is 407 g/mol. The van der Waals surface area contributed by atoms with Crippen molar-refractivity contribution >= 4 is 0 Å². The summed E-state index contributed by atoms with van der Waals surface area (Å²) < 4.78 is 2.02. The third-order valence-corrected chi connectivity index (χ3v) is 10.6. The molecule has 8 unspecified atom stereocenters. The van der Waals surface area contributed by atoms with E-state index in [-0.39, 0.29) is 0 Å². The van der Waals surface area contributed by atoms with Crippen molar-refractivity contribution in [3.8, 4) is 6.07 Å². The molecular weight excluding hydrogens is 366 g/mol. The smallest absolute Gasteiger partial charge is 0.102 e. The molecule has 1 heterocycles. The van der Waals surface area contributed by atoms with E-state index in [1.165, 1.54) is 57.8 Å². The van der Waals surface area contributed by atoms with Crippen LogP contribution in [0, 0.1) is 64.1 Å². The van der Waals surface area contributed by atoms with Crippen LogP contribution in [-0.4, -0.2) is 9.78 Å². The van der Waals surface area contributed by atoms with E-state index >= 15 is 0 Å². The fourth-order valence-electron chi connectivity index (χ4n) is 9.24. The first-order valence-corrected chi connectivity index (χ1v) is 13.0. The van der Waals surface area contributed by atoms with Crippen molar-refractivity contribution in [3.63, 3.8) is 0 Å². The van der Waals surface area contributed by atoms with Gasteiger partial charge in [-0.2, -0.15) is 10.4 Å². The normalized spacial score (nSPS) is 43.9. The van der Waals surface area contributed by atoms with Crippen LogP contribution in [0.3, 0.4) is 0 Å². The predicted molar refractivity (Wildman–Crippen MR) is 120 cm³/mol. The molecule has 9 atom stereocenters. The van der Waals surface area contributed by atoms with E-state index in [1.54, 1.807) is 12.6 Å². The quantitative estimate of drug-likeness (QED) is 0.558. The largest absolute Gasteiger partial charge is 0.271 e. The lowest BCUT2D eigenvalue weighted by Gasteiger charge is -2.57. The molecule has 4 aliphatic rings. The van der Waals surface area contributed by atoms with E-state index in [4.69, 9.17) is 5.26 Å². The minimum absolute atomic E-state index is 0.527. The van der Waals surface area contributed by atoms with Gasteiger partial charge in [0.25, 0.3) is 0 Å². The summed E-state index contributed by atoms with van der Waals surface area (Å²) in [7, 11) is 0. The SMILES string of the molecule is CCC1CCC2C(CCC3C2CCC2(C)C3CCC2[C@H](C)Cn2cc(C#N)cn2)C1. The first kappa shape index (κ1) is 20.6. The van der Waals surface area contributed by atoms with E-state index in [9.17, 15) is 0 Å². The molecule has 0 saturated heterocycles. The molecule has 4 saturated carbocycles. The molecule has 0 spiro atoms. The average Bonchev–Trinajstić information content (AvgIpc) is 3.36. The lowest BCUT2D eigenvalue weighted by Crippen LogP contribution is -2.49. The second-order valence-corrected chi connectivity index (χ2v) is 11.8. The summed E-state index contributed by atoms with van der Waals surface area (Å²) in [6, 6.07) is 2.22. The zero-order valence-electron chi connectivity index (χ0n) is 19.4. The maximum atomic E-state index is 9.11. The minimum atomic E-state index is 0.527. The van der Waals surface area contributed by atoms with Crippen molar-refractivity contribution in [2.24, 2.45) is 52.8 Å². The highest BCUT2D eigenvalue weighted by molar-refractivity contribution is 5.21. The third-order valence-electron chi connectivity index (χ3n) is 10.6. The number of rotatable bonds is 4. The van der Waals surface area contributed by atoms with Crippen molar-refractivity contribution in [2.75, 3.05) is 0 Å². The van der Waals surface area contributed by atoms with E-state index in [2.05, 4.69) is 31.9 Å². The van der Waals surface area contributed by atoms with Gasteiger partial charge in [-0.05, 0) is 104 Å². The highest BCUT2D eigenvalue weighted by Crippen LogP contribution is 2.65. The molecule has 0 radical (unpaired) electrons. The summed E-state index contributed by atoms with van der Waals surface area (Å²) in [5, 5.41) is 13.6. The Kier molecular flexibility index (Phi) is 5.49. The van der Waals surface area contributed by atoms with E-state index < -0.39 is 0 Å². The van der Waals surface area contributed by atoms with Gasteiger partial charge in [0, 0.05) is 12.7 Å². The summed E-state index contributed by atoms with van der Waals surface area (Å²) in [5.74, 6) is 7.60. The van der Waals surface area contributed by atoms with Crippen LogP contribution in [-0.2, 0) is 6.54 Å². The van der Waals surface area contributed by atoms with Crippen molar-refractivity contribution < 1.29 is 0 Å². The summed E-state index contributed by atoms with van der Waals surface area (Å²) in [5.41, 5.74) is 1.21. The maximum Gasteiger partial charge on any atom is 0.102 e. The first-order valence-electron chi connectivity index (χ1n) is 13.0. The molecule has 0 N–H and O–H groups in total. The number of nitriles is 1. The molecule has 3 heteroatoms. The Morgan fingerprint density at radius 2 is 1.97 bits per heavy atom. The fraction of sp³-hybridized carbons (Fsp3) is 0.852. The zero-order valence-corrected chi connectivity index (χ0v) is 19.4. The average molecular weight is 408 g/mol. The maximum absolute atomic E-state index is 9.11. The summed E-state index contributed by atoms with van der Waals surface area (Å²) in [6.07, 6.45) is 18.5. The standard InChI is InChI=1S/C27H41N3/c1-4-19-5-7-22-21(13-19)6-8-24-23(22)11-12-27(3)25(9-10-26(24)27)18(2)16-30-17-20(14-28)15-29-30/h15,17-19,21-26H,4-13,16H2,1-3H3/t18-,19?,21?,22?,23?,24?,25?,26?,27?/m1/s1. The van der Waals surface area contributed by atoms with Gasteiger partial charge < -0.3 is 0 Å². The van der Waals surface area contributed by atoms with Crippen LogP contribution in [0.2, 0.25) is 0 Å². The second kappa shape index (κ2) is 7.99. The van der Waals surface area contributed by atoms with E-state index in [0.717, 1.165) is 48.0 Å². The van der Waals surface area contributed by atoms with E-state index in [1.807, 2.05) is 10.9 Å². The number of aromatic nitrogens is 2. The number of nitrogens with zero attached hydrogens (tertiary/aromatic N) is 3.